The highest BCUT2D eigenvalue weighted by Crippen LogP contribution is 2.24. The average Bonchev–Trinajstić information content (AvgIpc) is 2.67. The molecule has 166 valence electrons. The maximum absolute atomic E-state index is 13.2. The van der Waals surface area contributed by atoms with Crippen molar-refractivity contribution >= 4 is 23.8 Å². The maximum Gasteiger partial charge on any atom is 0.326 e. The van der Waals surface area contributed by atoms with Gasteiger partial charge in [-0.3, -0.25) is 14.4 Å². The molecule has 1 aromatic carbocycles. The molecule has 1 aromatic rings. The van der Waals surface area contributed by atoms with Crippen molar-refractivity contribution < 1.29 is 30.8 Å². The van der Waals surface area contributed by atoms with E-state index in [0.29, 0.717) is 10.9 Å². The molecule has 4 N–H and O–H groups in total. The number of carboxylic acids is 2. The summed E-state index contributed by atoms with van der Waals surface area (Å²) in [6, 6.07) is 4.67. The summed E-state index contributed by atoms with van der Waals surface area (Å²) in [6.07, 6.45) is -0.585. The Bertz CT molecular complexity index is 807. The van der Waals surface area contributed by atoms with Gasteiger partial charge in [0.2, 0.25) is 11.8 Å². The van der Waals surface area contributed by atoms with Crippen molar-refractivity contribution in [3.05, 3.63) is 35.4 Å². The van der Waals surface area contributed by atoms with E-state index in [9.17, 15) is 24.3 Å². The minimum atomic E-state index is -1.42. The van der Waals surface area contributed by atoms with Gasteiger partial charge >= 0.3 is 11.9 Å². The van der Waals surface area contributed by atoms with Crippen LogP contribution in [0.25, 0.3) is 0 Å². The Labute approximate surface area is 178 Å². The average molecular weight is 422 g/mol. The first-order valence-electron chi connectivity index (χ1n) is 10.4. The molecular formula is C22H32N2O6. The van der Waals surface area contributed by atoms with Gasteiger partial charge in [0, 0.05) is 6.42 Å². The second-order valence-corrected chi connectivity index (χ2v) is 8.40. The molecular weight excluding hydrogens is 388 g/mol. The number of aliphatic carboxylic acids is 2. The fourth-order valence-electron chi connectivity index (χ4n) is 2.85. The minimum Gasteiger partial charge on any atom is -0.481 e. The molecule has 2 amide bonds. The highest BCUT2D eigenvalue weighted by molar-refractivity contribution is 5.94. The third-order valence-corrected chi connectivity index (χ3v) is 4.84. The number of amides is 2. The molecule has 0 saturated heterocycles. The number of hydrogen-bond donors (Lipinski definition) is 4. The third-order valence-electron chi connectivity index (χ3n) is 4.84. The summed E-state index contributed by atoms with van der Waals surface area (Å²) in [5.74, 6) is -4.01. The molecule has 0 aromatic heterocycles. The fraction of sp³-hybridized carbons (Fsp3) is 0.545. The van der Waals surface area contributed by atoms with Crippen LogP contribution in [0.4, 0.5) is 0 Å². The van der Waals surface area contributed by atoms with Crippen molar-refractivity contribution in [3.8, 4) is 0 Å². The third kappa shape index (κ3) is 7.50. The zero-order chi connectivity index (χ0) is 23.9. The Morgan fingerprint density at radius 1 is 1.07 bits per heavy atom. The van der Waals surface area contributed by atoms with Gasteiger partial charge in [0.15, 0.2) is 1.41 Å². The highest BCUT2D eigenvalue weighted by atomic mass is 16.4. The van der Waals surface area contributed by atoms with Crippen LogP contribution in [0.15, 0.2) is 24.3 Å². The van der Waals surface area contributed by atoms with Crippen LogP contribution in [-0.4, -0.2) is 46.0 Å². The number of carboxylic acid groups (broad SMARTS) is 2. The lowest BCUT2D eigenvalue weighted by molar-refractivity contribution is -0.143. The fourth-order valence-corrected chi connectivity index (χ4v) is 2.85. The Kier molecular flexibility index (Phi) is 8.38. The summed E-state index contributed by atoms with van der Waals surface area (Å²) in [5, 5.41) is 21.0. The molecule has 8 nitrogen and oxygen atoms in total. The summed E-state index contributed by atoms with van der Waals surface area (Å²) in [5.41, 5.74) is 0.627. The standard InChI is InChI=1S/C22H32N2O6/c1-13(2)12-17(19(27)23-16(20(28)29)10-11-18(25)26)24-21(30)22(4,5)15-8-6-14(3)7-9-15/h6-9,13,16-17H,10-12H2,1-5H3,(H,23,27)(H,24,30)(H,25,26)(H,28,29)/t16-,17-/m0/s1/i/hD. The number of rotatable bonds is 11. The Hall–Kier alpha value is -2.90. The van der Waals surface area contributed by atoms with Crippen LogP contribution in [-0.2, 0) is 24.6 Å². The largest absolute Gasteiger partial charge is 0.481 e. The number of carbonyl (C=O) groups excluding carboxylic acids is 2. The van der Waals surface area contributed by atoms with Crippen LogP contribution >= 0.6 is 0 Å². The normalized spacial score (nSPS) is 13.9. The van der Waals surface area contributed by atoms with Gasteiger partial charge in [-0.15, -0.1) is 0 Å². The quantitative estimate of drug-likeness (QED) is 0.433. The van der Waals surface area contributed by atoms with Crippen molar-refractivity contribution in [2.24, 2.45) is 5.92 Å². The van der Waals surface area contributed by atoms with Crippen LogP contribution in [0.5, 0.6) is 0 Å². The molecule has 0 aliphatic heterocycles. The number of nitrogens with one attached hydrogen (secondary N) is 2. The molecule has 0 heterocycles. The van der Waals surface area contributed by atoms with E-state index < -0.39 is 47.7 Å². The monoisotopic (exact) mass is 421 g/mol. The molecule has 0 radical (unpaired) electrons. The molecule has 0 spiro atoms. The van der Waals surface area contributed by atoms with Crippen molar-refractivity contribution in [1.82, 2.24) is 10.6 Å². The second-order valence-electron chi connectivity index (χ2n) is 8.40. The number of aryl methyl sites for hydroxylation is 1. The lowest BCUT2D eigenvalue weighted by atomic mass is 9.83. The summed E-state index contributed by atoms with van der Waals surface area (Å²) in [4.78, 5) is 48.2. The molecule has 0 unspecified atom stereocenters. The highest BCUT2D eigenvalue weighted by Gasteiger charge is 2.34. The van der Waals surface area contributed by atoms with Crippen LogP contribution in [0, 0.1) is 12.8 Å². The van der Waals surface area contributed by atoms with Crippen molar-refractivity contribution in [2.45, 2.75) is 71.4 Å². The Morgan fingerprint density at radius 2 is 1.63 bits per heavy atom. The molecule has 0 aliphatic carbocycles. The molecule has 1 rings (SSSR count). The van der Waals surface area contributed by atoms with Crippen LogP contribution in [0.3, 0.4) is 0 Å². The van der Waals surface area contributed by atoms with Crippen LogP contribution in [0.1, 0.15) is 58.1 Å². The van der Waals surface area contributed by atoms with E-state index in [4.69, 9.17) is 6.52 Å². The predicted octanol–water partition coefficient (Wildman–Crippen LogP) is 2.24. The molecule has 0 aliphatic rings. The summed E-state index contributed by atoms with van der Waals surface area (Å²) < 4.78 is 8.41. The van der Waals surface area contributed by atoms with Gasteiger partial charge in [-0.05, 0) is 45.1 Å². The summed E-state index contributed by atoms with van der Waals surface area (Å²) in [6.45, 7) is 8.89. The van der Waals surface area contributed by atoms with Crippen molar-refractivity contribution in [3.63, 3.8) is 0 Å². The Balaban J connectivity index is 3.11. The molecule has 8 heteroatoms. The van der Waals surface area contributed by atoms with E-state index in [1.54, 1.807) is 26.0 Å². The number of benzene rings is 1. The molecule has 0 bridgehead atoms. The second kappa shape index (κ2) is 10.8. The first-order chi connectivity index (χ1) is 14.3. The molecule has 2 atom stereocenters. The van der Waals surface area contributed by atoms with Gasteiger partial charge in [0.05, 0.1) is 5.41 Å². The van der Waals surface area contributed by atoms with Crippen molar-refractivity contribution in [1.29, 1.82) is 0 Å². The first-order valence-corrected chi connectivity index (χ1v) is 9.92. The van der Waals surface area contributed by atoms with E-state index >= 15 is 0 Å². The van der Waals surface area contributed by atoms with Gasteiger partial charge in [0.25, 0.3) is 0 Å². The van der Waals surface area contributed by atoms with Crippen LogP contribution < -0.4 is 10.6 Å². The van der Waals surface area contributed by atoms with E-state index in [-0.39, 0.29) is 18.8 Å². The zero-order valence-electron chi connectivity index (χ0n) is 19.1. The SMILES string of the molecule is [2H]N(C(=O)C(C)(C)c1ccc(C)cc1)[C@@H](CC(C)C)C(=O)N[C@@H](CCC(=O)O)C(=O)O. The molecule has 0 fully saturated rings. The summed E-state index contributed by atoms with van der Waals surface area (Å²) in [7, 11) is 0. The van der Waals surface area contributed by atoms with Crippen LogP contribution in [0.2, 0.25) is 1.41 Å². The number of hydrogen-bond acceptors (Lipinski definition) is 4. The minimum absolute atomic E-state index is 0.0545. The van der Waals surface area contributed by atoms with Gasteiger partial charge in [-0.2, -0.15) is 0 Å². The molecule has 0 saturated carbocycles. The summed E-state index contributed by atoms with van der Waals surface area (Å²) >= 11 is 0. The van der Waals surface area contributed by atoms with Crippen molar-refractivity contribution in [2.75, 3.05) is 0 Å². The zero-order valence-corrected chi connectivity index (χ0v) is 18.1. The van der Waals surface area contributed by atoms with Gasteiger partial charge in [-0.1, -0.05) is 43.7 Å². The van der Waals surface area contributed by atoms with E-state index in [2.05, 4.69) is 5.32 Å². The lowest BCUT2D eigenvalue weighted by Crippen LogP contribution is -2.54. The smallest absolute Gasteiger partial charge is 0.326 e. The van der Waals surface area contributed by atoms with Gasteiger partial charge in [-0.25, -0.2) is 4.79 Å². The van der Waals surface area contributed by atoms with Gasteiger partial charge in [0.1, 0.15) is 12.1 Å². The predicted molar refractivity (Wildman–Crippen MR) is 112 cm³/mol. The maximum atomic E-state index is 13.2. The molecule has 30 heavy (non-hydrogen) atoms. The Morgan fingerprint density at radius 3 is 2.10 bits per heavy atom. The topological polar surface area (TPSA) is 133 Å². The first kappa shape index (κ1) is 23.4. The lowest BCUT2D eigenvalue weighted by Gasteiger charge is -2.29. The van der Waals surface area contributed by atoms with E-state index in [1.807, 2.05) is 32.9 Å². The van der Waals surface area contributed by atoms with E-state index in [0.717, 1.165) is 5.56 Å². The van der Waals surface area contributed by atoms with E-state index in [1.165, 1.54) is 0 Å². The van der Waals surface area contributed by atoms with Gasteiger partial charge < -0.3 is 20.8 Å². The number of carbonyl (C=O) groups is 4.